The second-order valence-corrected chi connectivity index (χ2v) is 5.61. The summed E-state index contributed by atoms with van der Waals surface area (Å²) in [6.07, 6.45) is -0.571. The minimum atomic E-state index is -4.48. The maximum Gasteiger partial charge on any atom is 0.418 e. The first kappa shape index (κ1) is 15.7. The van der Waals surface area contributed by atoms with Gasteiger partial charge < -0.3 is 10.6 Å². The van der Waals surface area contributed by atoms with Crippen molar-refractivity contribution in [2.75, 3.05) is 5.32 Å². The van der Waals surface area contributed by atoms with E-state index in [1.807, 2.05) is 0 Å². The van der Waals surface area contributed by atoms with Crippen molar-refractivity contribution in [1.82, 2.24) is 5.32 Å². The molecule has 2 amide bonds. The van der Waals surface area contributed by atoms with Crippen molar-refractivity contribution < 1.29 is 18.0 Å². The number of alkyl halides is 3. The number of anilines is 1. The third-order valence-corrected chi connectivity index (χ3v) is 3.75. The Balaban J connectivity index is 2.00. The maximum atomic E-state index is 12.8. The maximum absolute atomic E-state index is 12.8. The molecule has 0 radical (unpaired) electrons. The van der Waals surface area contributed by atoms with Crippen molar-refractivity contribution in [1.29, 1.82) is 0 Å². The lowest BCUT2D eigenvalue weighted by molar-refractivity contribution is -0.136. The van der Waals surface area contributed by atoms with Crippen molar-refractivity contribution in [2.45, 2.75) is 44.8 Å². The summed E-state index contributed by atoms with van der Waals surface area (Å²) in [6.45, 7) is 2.12. The van der Waals surface area contributed by atoms with Crippen LogP contribution in [0.3, 0.4) is 0 Å². The van der Waals surface area contributed by atoms with Crippen LogP contribution in [0, 0.1) is 5.92 Å². The number of hydrogen-bond acceptors (Lipinski definition) is 1. The topological polar surface area (TPSA) is 41.1 Å². The van der Waals surface area contributed by atoms with E-state index in [0.29, 0.717) is 5.92 Å². The summed E-state index contributed by atoms with van der Waals surface area (Å²) in [5.41, 5.74) is -1.05. The number of hydrogen-bond donors (Lipinski definition) is 2. The van der Waals surface area contributed by atoms with Crippen molar-refractivity contribution in [3.8, 4) is 0 Å². The number of nitrogens with one attached hydrogen (secondary N) is 2. The minimum absolute atomic E-state index is 0.0341. The van der Waals surface area contributed by atoms with E-state index in [1.54, 1.807) is 0 Å². The van der Waals surface area contributed by atoms with Crippen LogP contribution in [0.15, 0.2) is 24.3 Å². The highest BCUT2D eigenvalue weighted by molar-refractivity contribution is 5.90. The summed E-state index contributed by atoms with van der Waals surface area (Å²) in [5.74, 6) is 0.534. The summed E-state index contributed by atoms with van der Waals surface area (Å²) >= 11 is 0. The summed E-state index contributed by atoms with van der Waals surface area (Å²) in [7, 11) is 0. The first-order valence-corrected chi connectivity index (χ1v) is 7.10. The second-order valence-electron chi connectivity index (χ2n) is 5.61. The molecule has 1 saturated carbocycles. The largest absolute Gasteiger partial charge is 0.418 e. The Kier molecular flexibility index (Phi) is 4.75. The van der Waals surface area contributed by atoms with Gasteiger partial charge in [-0.25, -0.2) is 4.79 Å². The van der Waals surface area contributed by atoms with Crippen LogP contribution in [0.1, 0.15) is 38.2 Å². The van der Waals surface area contributed by atoms with E-state index in [0.717, 1.165) is 31.7 Å². The molecule has 21 heavy (non-hydrogen) atoms. The average Bonchev–Trinajstić information content (AvgIpc) is 2.37. The second kappa shape index (κ2) is 6.37. The van der Waals surface area contributed by atoms with Crippen molar-refractivity contribution in [3.63, 3.8) is 0 Å². The van der Waals surface area contributed by atoms with Gasteiger partial charge >= 0.3 is 12.2 Å². The molecule has 1 aromatic carbocycles. The van der Waals surface area contributed by atoms with Gasteiger partial charge in [0, 0.05) is 6.04 Å². The number of benzene rings is 1. The molecule has 116 valence electrons. The smallest absolute Gasteiger partial charge is 0.335 e. The first-order chi connectivity index (χ1) is 9.86. The van der Waals surface area contributed by atoms with Gasteiger partial charge in [0.15, 0.2) is 0 Å². The molecule has 0 aromatic heterocycles. The lowest BCUT2D eigenvalue weighted by Gasteiger charge is -2.27. The third-order valence-electron chi connectivity index (χ3n) is 3.75. The number of carbonyl (C=O) groups excluding carboxylic acids is 1. The van der Waals surface area contributed by atoms with E-state index in [9.17, 15) is 18.0 Å². The third kappa shape index (κ3) is 4.37. The molecular formula is C15H19F3N2O. The zero-order chi connectivity index (χ0) is 15.5. The molecule has 1 aliphatic carbocycles. The van der Waals surface area contributed by atoms with Crippen LogP contribution < -0.4 is 10.6 Å². The van der Waals surface area contributed by atoms with Crippen LogP contribution in [0.5, 0.6) is 0 Å². The fourth-order valence-electron chi connectivity index (χ4n) is 2.75. The molecular weight excluding hydrogens is 281 g/mol. The van der Waals surface area contributed by atoms with Gasteiger partial charge in [-0.2, -0.15) is 13.2 Å². The Labute approximate surface area is 121 Å². The van der Waals surface area contributed by atoms with Crippen molar-refractivity contribution >= 4 is 11.7 Å². The summed E-state index contributed by atoms with van der Waals surface area (Å²) < 4.78 is 38.5. The molecule has 2 rings (SSSR count). The monoisotopic (exact) mass is 300 g/mol. The van der Waals surface area contributed by atoms with E-state index >= 15 is 0 Å². The lowest BCUT2D eigenvalue weighted by atomic mass is 9.87. The lowest BCUT2D eigenvalue weighted by Crippen LogP contribution is -2.40. The summed E-state index contributed by atoms with van der Waals surface area (Å²) in [5, 5.41) is 5.07. The van der Waals surface area contributed by atoms with E-state index in [4.69, 9.17) is 0 Å². The van der Waals surface area contributed by atoms with Gasteiger partial charge in [-0.15, -0.1) is 0 Å². The number of rotatable bonds is 2. The Hall–Kier alpha value is -1.72. The predicted octanol–water partition coefficient (Wildman–Crippen LogP) is 4.41. The van der Waals surface area contributed by atoms with E-state index in [-0.39, 0.29) is 11.7 Å². The molecule has 2 N–H and O–H groups in total. The van der Waals surface area contributed by atoms with Gasteiger partial charge in [0.25, 0.3) is 0 Å². The number of para-hydroxylation sites is 1. The van der Waals surface area contributed by atoms with E-state index in [2.05, 4.69) is 17.6 Å². The Morgan fingerprint density at radius 1 is 1.24 bits per heavy atom. The molecule has 0 heterocycles. The average molecular weight is 300 g/mol. The van der Waals surface area contributed by atoms with Crippen LogP contribution in [-0.4, -0.2) is 12.1 Å². The molecule has 0 saturated heterocycles. The van der Waals surface area contributed by atoms with Crippen LogP contribution >= 0.6 is 0 Å². The Morgan fingerprint density at radius 3 is 2.62 bits per heavy atom. The van der Waals surface area contributed by atoms with Crippen LogP contribution in [0.4, 0.5) is 23.7 Å². The van der Waals surface area contributed by atoms with Gasteiger partial charge in [-0.3, -0.25) is 0 Å². The molecule has 1 aromatic rings. The van der Waals surface area contributed by atoms with Crippen LogP contribution in [-0.2, 0) is 6.18 Å². The highest BCUT2D eigenvalue weighted by Crippen LogP contribution is 2.34. The molecule has 6 heteroatoms. The summed E-state index contributed by atoms with van der Waals surface area (Å²) in [6, 6.07) is 4.43. The number of halogens is 3. The van der Waals surface area contributed by atoms with Crippen molar-refractivity contribution in [2.24, 2.45) is 5.92 Å². The van der Waals surface area contributed by atoms with Crippen molar-refractivity contribution in [3.05, 3.63) is 29.8 Å². The molecule has 1 fully saturated rings. The molecule has 3 nitrogen and oxygen atoms in total. The summed E-state index contributed by atoms with van der Waals surface area (Å²) in [4.78, 5) is 11.9. The van der Waals surface area contributed by atoms with Crippen LogP contribution in [0.2, 0.25) is 0 Å². The van der Waals surface area contributed by atoms with Gasteiger partial charge in [0.05, 0.1) is 11.3 Å². The highest BCUT2D eigenvalue weighted by Gasteiger charge is 2.33. The number of urea groups is 1. The Morgan fingerprint density at radius 2 is 1.95 bits per heavy atom. The fraction of sp³-hybridized carbons (Fsp3) is 0.533. The number of amides is 2. The highest BCUT2D eigenvalue weighted by atomic mass is 19.4. The van der Waals surface area contributed by atoms with E-state index in [1.165, 1.54) is 18.2 Å². The SMILES string of the molecule is C[C@@H]1CCC[C@@H](NC(=O)Nc2ccccc2C(F)(F)F)C1. The predicted molar refractivity (Wildman–Crippen MR) is 75.0 cm³/mol. The first-order valence-electron chi connectivity index (χ1n) is 7.10. The zero-order valence-corrected chi connectivity index (χ0v) is 11.8. The normalized spacial score (nSPS) is 22.7. The molecule has 1 aliphatic rings. The molecule has 2 atom stereocenters. The standard InChI is InChI=1S/C15H19F3N2O/c1-10-5-4-6-11(9-10)19-14(21)20-13-8-3-2-7-12(13)15(16,17)18/h2-3,7-8,10-11H,4-6,9H2,1H3,(H2,19,20,21)/t10-,11-/m1/s1. The van der Waals surface area contributed by atoms with Gasteiger partial charge in [0.2, 0.25) is 0 Å². The van der Waals surface area contributed by atoms with E-state index < -0.39 is 17.8 Å². The number of carbonyl (C=O) groups is 1. The molecule has 0 bridgehead atoms. The minimum Gasteiger partial charge on any atom is -0.335 e. The zero-order valence-electron chi connectivity index (χ0n) is 11.8. The molecule has 0 unspecified atom stereocenters. The molecule has 0 spiro atoms. The van der Waals surface area contributed by atoms with Crippen LogP contribution in [0.25, 0.3) is 0 Å². The molecule has 0 aliphatic heterocycles. The van der Waals surface area contributed by atoms with Gasteiger partial charge in [-0.1, -0.05) is 31.9 Å². The fourth-order valence-corrected chi connectivity index (χ4v) is 2.75. The Bertz CT molecular complexity index is 502. The van der Waals surface area contributed by atoms with Gasteiger partial charge in [0.1, 0.15) is 0 Å². The van der Waals surface area contributed by atoms with Gasteiger partial charge in [-0.05, 0) is 30.9 Å². The quantitative estimate of drug-likeness (QED) is 0.834.